The lowest BCUT2D eigenvalue weighted by molar-refractivity contribution is -0.153. The minimum Gasteiger partial charge on any atom is -0.483 e. The van der Waals surface area contributed by atoms with Crippen LogP contribution < -0.4 is 4.74 Å². The molecule has 0 aliphatic heterocycles. The number of ether oxygens (including phenoxy) is 1. The lowest BCUT2D eigenvalue weighted by atomic mass is 10.0. The summed E-state index contributed by atoms with van der Waals surface area (Å²) >= 11 is 0. The molecule has 0 spiro atoms. The van der Waals surface area contributed by atoms with Gasteiger partial charge in [-0.2, -0.15) is 13.2 Å². The van der Waals surface area contributed by atoms with Crippen LogP contribution in [0.3, 0.4) is 0 Å². The summed E-state index contributed by atoms with van der Waals surface area (Å²) in [7, 11) is 0. The van der Waals surface area contributed by atoms with E-state index in [1.165, 1.54) is 6.07 Å². The third-order valence-electron chi connectivity index (χ3n) is 3.06. The molecule has 6 heteroatoms. The van der Waals surface area contributed by atoms with Crippen LogP contribution in [0.2, 0.25) is 0 Å². The Balaban J connectivity index is 2.15. The van der Waals surface area contributed by atoms with E-state index in [1.807, 2.05) is 0 Å². The van der Waals surface area contributed by atoms with E-state index in [-0.39, 0.29) is 5.75 Å². The van der Waals surface area contributed by atoms with Crippen LogP contribution >= 0.6 is 0 Å². The largest absolute Gasteiger partial charge is 0.483 e. The first-order valence-electron chi connectivity index (χ1n) is 6.53. The van der Waals surface area contributed by atoms with Gasteiger partial charge < -0.3 is 4.74 Å². The van der Waals surface area contributed by atoms with Gasteiger partial charge in [-0.1, -0.05) is 12.1 Å². The first-order valence-corrected chi connectivity index (χ1v) is 6.53. The van der Waals surface area contributed by atoms with E-state index in [0.29, 0.717) is 22.2 Å². The average Bonchev–Trinajstić information content (AvgIpc) is 2.52. The zero-order chi connectivity index (χ0) is 15.6. The van der Waals surface area contributed by atoms with Crippen LogP contribution in [0, 0.1) is 0 Å². The summed E-state index contributed by atoms with van der Waals surface area (Å²) in [6, 6.07) is 11.9. The Bertz CT molecular complexity index is 788. The van der Waals surface area contributed by atoms with Crippen molar-refractivity contribution < 1.29 is 17.9 Å². The third-order valence-corrected chi connectivity index (χ3v) is 3.06. The normalized spacial score (nSPS) is 11.6. The Morgan fingerprint density at radius 2 is 1.73 bits per heavy atom. The van der Waals surface area contributed by atoms with Crippen LogP contribution in [-0.2, 0) is 0 Å². The SMILES string of the molecule is FC(F)(F)COc1ccc2ncccc2c1-c1ccccn1. The summed E-state index contributed by atoms with van der Waals surface area (Å²) in [5.41, 5.74) is 1.72. The molecule has 22 heavy (non-hydrogen) atoms. The Kier molecular flexibility index (Phi) is 3.66. The third kappa shape index (κ3) is 3.00. The van der Waals surface area contributed by atoms with E-state index in [0.717, 1.165) is 0 Å². The highest BCUT2D eigenvalue weighted by atomic mass is 19.4. The van der Waals surface area contributed by atoms with E-state index in [2.05, 4.69) is 9.97 Å². The van der Waals surface area contributed by atoms with Gasteiger partial charge in [-0.25, -0.2) is 0 Å². The van der Waals surface area contributed by atoms with Crippen molar-refractivity contribution in [1.82, 2.24) is 9.97 Å². The summed E-state index contributed by atoms with van der Waals surface area (Å²) in [5.74, 6) is 0.136. The second-order valence-electron chi connectivity index (χ2n) is 4.63. The summed E-state index contributed by atoms with van der Waals surface area (Å²) in [5, 5.41) is 0.695. The summed E-state index contributed by atoms with van der Waals surface area (Å²) in [6.45, 7) is -1.35. The van der Waals surface area contributed by atoms with Crippen LogP contribution in [0.1, 0.15) is 0 Å². The monoisotopic (exact) mass is 304 g/mol. The Morgan fingerprint density at radius 3 is 2.45 bits per heavy atom. The van der Waals surface area contributed by atoms with Crippen molar-refractivity contribution in [2.45, 2.75) is 6.18 Å². The molecule has 2 heterocycles. The molecule has 0 aliphatic rings. The van der Waals surface area contributed by atoms with Crippen molar-refractivity contribution in [3.63, 3.8) is 0 Å². The van der Waals surface area contributed by atoms with E-state index in [9.17, 15) is 13.2 Å². The van der Waals surface area contributed by atoms with Crippen LogP contribution in [0.4, 0.5) is 13.2 Å². The molecule has 0 amide bonds. The minimum absolute atomic E-state index is 0.136. The van der Waals surface area contributed by atoms with E-state index < -0.39 is 12.8 Å². The Hall–Kier alpha value is -2.63. The van der Waals surface area contributed by atoms with Gasteiger partial charge in [0.15, 0.2) is 6.61 Å². The van der Waals surface area contributed by atoms with Crippen LogP contribution in [0.5, 0.6) is 5.75 Å². The van der Waals surface area contributed by atoms with Gasteiger partial charge in [-0.15, -0.1) is 0 Å². The first kappa shape index (κ1) is 14.3. The van der Waals surface area contributed by atoms with Crippen LogP contribution in [0.15, 0.2) is 54.9 Å². The van der Waals surface area contributed by atoms with Gasteiger partial charge in [0.25, 0.3) is 0 Å². The van der Waals surface area contributed by atoms with Crippen molar-refractivity contribution >= 4 is 10.9 Å². The fourth-order valence-electron chi connectivity index (χ4n) is 2.19. The molecule has 3 nitrogen and oxygen atoms in total. The molecule has 0 saturated heterocycles. The molecule has 0 unspecified atom stereocenters. The van der Waals surface area contributed by atoms with Crippen LogP contribution in [-0.4, -0.2) is 22.8 Å². The second-order valence-corrected chi connectivity index (χ2v) is 4.63. The molecule has 2 aromatic heterocycles. The number of hydrogen-bond donors (Lipinski definition) is 0. The smallest absolute Gasteiger partial charge is 0.422 e. The zero-order valence-electron chi connectivity index (χ0n) is 11.3. The number of alkyl halides is 3. The second kappa shape index (κ2) is 5.63. The fourth-order valence-corrected chi connectivity index (χ4v) is 2.19. The Labute approximate surface area is 124 Å². The minimum atomic E-state index is -4.40. The maximum Gasteiger partial charge on any atom is 0.422 e. The highest BCUT2D eigenvalue weighted by Gasteiger charge is 2.29. The topological polar surface area (TPSA) is 35.0 Å². The van der Waals surface area contributed by atoms with Crippen LogP contribution in [0.25, 0.3) is 22.2 Å². The van der Waals surface area contributed by atoms with E-state index in [1.54, 1.807) is 48.8 Å². The maximum atomic E-state index is 12.4. The standard InChI is InChI=1S/C16H11F3N2O/c17-16(18,19)10-22-14-7-6-12-11(4-3-9-20-12)15(14)13-5-1-2-8-21-13/h1-9H,10H2. The molecule has 0 saturated carbocycles. The predicted octanol–water partition coefficient (Wildman–Crippen LogP) is 4.24. The zero-order valence-corrected chi connectivity index (χ0v) is 11.3. The molecule has 0 N–H and O–H groups in total. The molecule has 1 aromatic carbocycles. The maximum absolute atomic E-state index is 12.4. The molecular formula is C16H11F3N2O. The van der Waals surface area contributed by atoms with Crippen molar-refractivity contribution in [2.75, 3.05) is 6.61 Å². The van der Waals surface area contributed by atoms with Crippen molar-refractivity contribution in [1.29, 1.82) is 0 Å². The summed E-state index contributed by atoms with van der Waals surface area (Å²) < 4.78 is 42.3. The number of nitrogens with zero attached hydrogens (tertiary/aromatic N) is 2. The molecule has 0 radical (unpaired) electrons. The lowest BCUT2D eigenvalue weighted by Gasteiger charge is -2.14. The van der Waals surface area contributed by atoms with Crippen molar-refractivity contribution in [3.8, 4) is 17.0 Å². The number of benzene rings is 1. The van der Waals surface area contributed by atoms with Crippen molar-refractivity contribution in [3.05, 3.63) is 54.9 Å². The fraction of sp³-hybridized carbons (Fsp3) is 0.125. The number of aromatic nitrogens is 2. The van der Waals surface area contributed by atoms with E-state index >= 15 is 0 Å². The molecule has 0 aliphatic carbocycles. The first-order chi connectivity index (χ1) is 10.5. The number of halogens is 3. The summed E-state index contributed by atoms with van der Waals surface area (Å²) in [6.07, 6.45) is -1.19. The predicted molar refractivity (Wildman–Crippen MR) is 76.5 cm³/mol. The molecule has 0 fully saturated rings. The highest BCUT2D eigenvalue weighted by molar-refractivity contribution is 5.96. The lowest BCUT2D eigenvalue weighted by Crippen LogP contribution is -2.19. The molecule has 3 rings (SSSR count). The highest BCUT2D eigenvalue weighted by Crippen LogP contribution is 2.36. The molecular weight excluding hydrogens is 293 g/mol. The van der Waals surface area contributed by atoms with Gasteiger partial charge in [0.05, 0.1) is 16.8 Å². The Morgan fingerprint density at radius 1 is 0.909 bits per heavy atom. The average molecular weight is 304 g/mol. The molecule has 112 valence electrons. The van der Waals surface area contributed by atoms with Gasteiger partial charge in [0, 0.05) is 17.8 Å². The van der Waals surface area contributed by atoms with Gasteiger partial charge >= 0.3 is 6.18 Å². The summed E-state index contributed by atoms with van der Waals surface area (Å²) in [4.78, 5) is 8.43. The van der Waals surface area contributed by atoms with Crippen molar-refractivity contribution in [2.24, 2.45) is 0 Å². The quantitative estimate of drug-likeness (QED) is 0.726. The van der Waals surface area contributed by atoms with Gasteiger partial charge in [0.2, 0.25) is 0 Å². The van der Waals surface area contributed by atoms with Gasteiger partial charge in [-0.3, -0.25) is 9.97 Å². The van der Waals surface area contributed by atoms with E-state index in [4.69, 9.17) is 4.74 Å². The number of pyridine rings is 2. The molecule has 3 aromatic rings. The number of rotatable bonds is 3. The number of hydrogen-bond acceptors (Lipinski definition) is 3. The van der Waals surface area contributed by atoms with Gasteiger partial charge in [-0.05, 0) is 30.3 Å². The molecule has 0 atom stereocenters. The number of fused-ring (bicyclic) bond motifs is 1. The van der Waals surface area contributed by atoms with Gasteiger partial charge in [0.1, 0.15) is 5.75 Å². The molecule has 0 bridgehead atoms.